The number of hydrogen-bond acceptors (Lipinski definition) is 2. The molecule has 0 saturated carbocycles. The van der Waals surface area contributed by atoms with Gasteiger partial charge in [0.25, 0.3) is 0 Å². The molecule has 2 aromatic carbocycles. The summed E-state index contributed by atoms with van der Waals surface area (Å²) in [6.07, 6.45) is 2.83. The van der Waals surface area contributed by atoms with Crippen LogP contribution in [0.2, 0.25) is 0 Å². The van der Waals surface area contributed by atoms with E-state index in [0.29, 0.717) is 6.04 Å². The summed E-state index contributed by atoms with van der Waals surface area (Å²) in [6.45, 7) is 2.19. The van der Waals surface area contributed by atoms with Crippen molar-refractivity contribution in [3.8, 4) is 0 Å². The van der Waals surface area contributed by atoms with Crippen molar-refractivity contribution in [2.24, 2.45) is 0 Å². The molecule has 0 aliphatic heterocycles. The lowest BCUT2D eigenvalue weighted by atomic mass is 10.1. The van der Waals surface area contributed by atoms with Gasteiger partial charge < -0.3 is 5.32 Å². The van der Waals surface area contributed by atoms with Crippen molar-refractivity contribution >= 4 is 32.5 Å². The van der Waals surface area contributed by atoms with E-state index in [4.69, 9.17) is 0 Å². The monoisotopic (exact) mass is 329 g/mol. The summed E-state index contributed by atoms with van der Waals surface area (Å²) in [5, 5.41) is 11.7. The molecular weight excluding hydrogens is 314 g/mol. The Morgan fingerprint density at radius 3 is 2.80 bits per heavy atom. The smallest absolute Gasteiger partial charge is 0.0670 e. The van der Waals surface area contributed by atoms with Gasteiger partial charge in [-0.15, -0.1) is 0 Å². The zero-order valence-corrected chi connectivity index (χ0v) is 12.8. The summed E-state index contributed by atoms with van der Waals surface area (Å²) in [4.78, 5) is 0. The molecule has 1 heterocycles. The van der Waals surface area contributed by atoms with Crippen molar-refractivity contribution in [2.45, 2.75) is 19.4 Å². The van der Waals surface area contributed by atoms with Gasteiger partial charge in [0.1, 0.15) is 0 Å². The van der Waals surface area contributed by atoms with Crippen molar-refractivity contribution in [2.75, 3.05) is 5.32 Å². The number of H-pyrrole nitrogens is 1. The standard InChI is InChI=1S/C16H16BrN3/c1-11(8-12-2-5-14(17)6-3-12)19-15-7-4-13-10-18-20-16(13)9-15/h2-7,9-11,19H,8H2,1H3,(H,18,20). The van der Waals surface area contributed by atoms with Gasteiger partial charge in [0.05, 0.1) is 11.7 Å². The maximum atomic E-state index is 4.04. The van der Waals surface area contributed by atoms with Crippen LogP contribution in [0, 0.1) is 0 Å². The fourth-order valence-electron chi connectivity index (χ4n) is 2.34. The Morgan fingerprint density at radius 1 is 1.20 bits per heavy atom. The highest BCUT2D eigenvalue weighted by Gasteiger charge is 2.05. The van der Waals surface area contributed by atoms with Crippen LogP contribution in [-0.4, -0.2) is 16.2 Å². The highest BCUT2D eigenvalue weighted by atomic mass is 79.9. The molecule has 3 rings (SSSR count). The van der Waals surface area contributed by atoms with Crippen LogP contribution in [0.4, 0.5) is 5.69 Å². The summed E-state index contributed by atoms with van der Waals surface area (Å²) in [5.74, 6) is 0. The van der Waals surface area contributed by atoms with Crippen molar-refractivity contribution in [3.63, 3.8) is 0 Å². The molecule has 0 amide bonds. The van der Waals surface area contributed by atoms with Gasteiger partial charge in [-0.3, -0.25) is 5.10 Å². The number of fused-ring (bicyclic) bond motifs is 1. The van der Waals surface area contributed by atoms with Crippen molar-refractivity contribution in [3.05, 3.63) is 58.7 Å². The second-order valence-corrected chi connectivity index (χ2v) is 5.96. The van der Waals surface area contributed by atoms with Crippen LogP contribution in [0.1, 0.15) is 12.5 Å². The summed E-state index contributed by atoms with van der Waals surface area (Å²) in [5.41, 5.74) is 3.51. The third-order valence-corrected chi connectivity index (χ3v) is 3.84. The van der Waals surface area contributed by atoms with Gasteiger partial charge in [-0.05, 0) is 49.2 Å². The topological polar surface area (TPSA) is 40.7 Å². The molecule has 3 aromatic rings. The Hall–Kier alpha value is -1.81. The number of aromatic nitrogens is 2. The van der Waals surface area contributed by atoms with E-state index >= 15 is 0 Å². The molecule has 4 heteroatoms. The normalized spacial score (nSPS) is 12.5. The molecule has 0 radical (unpaired) electrons. The molecule has 102 valence electrons. The Balaban J connectivity index is 1.68. The van der Waals surface area contributed by atoms with E-state index in [9.17, 15) is 0 Å². The summed E-state index contributed by atoms with van der Waals surface area (Å²) in [7, 11) is 0. The number of benzene rings is 2. The third-order valence-electron chi connectivity index (χ3n) is 3.31. The molecule has 0 fully saturated rings. The molecular formula is C16H16BrN3. The lowest BCUT2D eigenvalue weighted by Gasteiger charge is -2.15. The lowest BCUT2D eigenvalue weighted by molar-refractivity contribution is 0.790. The van der Waals surface area contributed by atoms with Crippen LogP contribution in [0.5, 0.6) is 0 Å². The number of aromatic amines is 1. The summed E-state index contributed by atoms with van der Waals surface area (Å²) >= 11 is 3.46. The lowest BCUT2D eigenvalue weighted by Crippen LogP contribution is -2.17. The predicted molar refractivity (Wildman–Crippen MR) is 87.0 cm³/mol. The molecule has 2 N–H and O–H groups in total. The average molecular weight is 330 g/mol. The Labute approximate surface area is 126 Å². The SMILES string of the molecule is CC(Cc1ccc(Br)cc1)Nc1ccc2cn[nH]c2c1. The number of nitrogens with zero attached hydrogens (tertiary/aromatic N) is 1. The molecule has 1 atom stereocenters. The van der Waals surface area contributed by atoms with Crippen molar-refractivity contribution < 1.29 is 0 Å². The zero-order valence-electron chi connectivity index (χ0n) is 11.2. The van der Waals surface area contributed by atoms with Gasteiger partial charge in [-0.1, -0.05) is 28.1 Å². The minimum absolute atomic E-state index is 0.372. The Kier molecular flexibility index (Phi) is 3.74. The molecule has 0 aliphatic carbocycles. The minimum atomic E-state index is 0.372. The quantitative estimate of drug-likeness (QED) is 0.746. The maximum absolute atomic E-state index is 4.04. The van der Waals surface area contributed by atoms with Gasteiger partial charge in [-0.25, -0.2) is 0 Å². The van der Waals surface area contributed by atoms with Crippen LogP contribution in [0.15, 0.2) is 53.1 Å². The first-order valence-corrected chi connectivity index (χ1v) is 7.44. The second-order valence-electron chi connectivity index (χ2n) is 5.05. The first-order valence-electron chi connectivity index (χ1n) is 6.65. The molecule has 0 bridgehead atoms. The minimum Gasteiger partial charge on any atom is -0.382 e. The van der Waals surface area contributed by atoms with E-state index in [1.165, 1.54) is 5.56 Å². The Bertz CT molecular complexity index is 703. The highest BCUT2D eigenvalue weighted by molar-refractivity contribution is 9.10. The van der Waals surface area contributed by atoms with Gasteiger partial charge in [-0.2, -0.15) is 5.10 Å². The summed E-state index contributed by atoms with van der Waals surface area (Å²) < 4.78 is 1.12. The van der Waals surface area contributed by atoms with Crippen LogP contribution in [-0.2, 0) is 6.42 Å². The Morgan fingerprint density at radius 2 is 2.00 bits per heavy atom. The van der Waals surface area contributed by atoms with Gasteiger partial charge in [0.15, 0.2) is 0 Å². The molecule has 0 spiro atoms. The van der Waals surface area contributed by atoms with Crippen LogP contribution in [0.3, 0.4) is 0 Å². The van der Waals surface area contributed by atoms with Gasteiger partial charge in [0.2, 0.25) is 0 Å². The van der Waals surface area contributed by atoms with Crippen LogP contribution < -0.4 is 5.32 Å². The molecule has 0 saturated heterocycles. The zero-order chi connectivity index (χ0) is 13.9. The third kappa shape index (κ3) is 3.02. The molecule has 1 aromatic heterocycles. The number of anilines is 1. The van der Waals surface area contributed by atoms with E-state index in [1.807, 2.05) is 6.20 Å². The fourth-order valence-corrected chi connectivity index (χ4v) is 2.60. The van der Waals surface area contributed by atoms with Gasteiger partial charge in [0, 0.05) is 21.6 Å². The van der Waals surface area contributed by atoms with Crippen LogP contribution >= 0.6 is 15.9 Å². The number of hydrogen-bond donors (Lipinski definition) is 2. The van der Waals surface area contributed by atoms with Crippen LogP contribution in [0.25, 0.3) is 10.9 Å². The first kappa shape index (κ1) is 13.2. The number of nitrogens with one attached hydrogen (secondary N) is 2. The van der Waals surface area contributed by atoms with Crippen molar-refractivity contribution in [1.29, 1.82) is 0 Å². The van der Waals surface area contributed by atoms with Crippen molar-refractivity contribution in [1.82, 2.24) is 10.2 Å². The molecule has 20 heavy (non-hydrogen) atoms. The van der Waals surface area contributed by atoms with E-state index in [0.717, 1.165) is 27.5 Å². The first-order chi connectivity index (χ1) is 9.70. The number of halogens is 1. The number of rotatable bonds is 4. The molecule has 3 nitrogen and oxygen atoms in total. The predicted octanol–water partition coefficient (Wildman–Crippen LogP) is 4.37. The van der Waals surface area contributed by atoms with E-state index < -0.39 is 0 Å². The summed E-state index contributed by atoms with van der Waals surface area (Å²) in [6, 6.07) is 15.1. The maximum Gasteiger partial charge on any atom is 0.0670 e. The molecule has 1 unspecified atom stereocenters. The largest absolute Gasteiger partial charge is 0.382 e. The van der Waals surface area contributed by atoms with E-state index in [1.54, 1.807) is 0 Å². The van der Waals surface area contributed by atoms with Gasteiger partial charge >= 0.3 is 0 Å². The average Bonchev–Trinajstić information content (AvgIpc) is 2.89. The second kappa shape index (κ2) is 5.67. The fraction of sp³-hybridized carbons (Fsp3) is 0.188. The van der Waals surface area contributed by atoms with E-state index in [-0.39, 0.29) is 0 Å². The molecule has 0 aliphatic rings. The van der Waals surface area contributed by atoms with E-state index in [2.05, 4.69) is 80.8 Å². The highest BCUT2D eigenvalue weighted by Crippen LogP contribution is 2.18.